The molecule has 0 aliphatic heterocycles. The predicted octanol–water partition coefficient (Wildman–Crippen LogP) is 4.06. The van der Waals surface area contributed by atoms with Gasteiger partial charge in [0.1, 0.15) is 17.3 Å². The number of amides is 1. The highest BCUT2D eigenvalue weighted by Crippen LogP contribution is 2.34. The summed E-state index contributed by atoms with van der Waals surface area (Å²) >= 11 is 1.27. The van der Waals surface area contributed by atoms with Gasteiger partial charge in [-0.3, -0.25) is 9.59 Å². The van der Waals surface area contributed by atoms with Crippen LogP contribution in [0.15, 0.2) is 48.0 Å². The second-order valence-electron chi connectivity index (χ2n) is 6.58. The minimum atomic E-state index is -0.427. The molecule has 4 aromatic rings. The molecule has 0 saturated heterocycles. The van der Waals surface area contributed by atoms with E-state index in [4.69, 9.17) is 9.47 Å². The number of hydrogen-bond acceptors (Lipinski definition) is 6. The number of methoxy groups -OCH3 is 2. The summed E-state index contributed by atoms with van der Waals surface area (Å²) in [5.74, 6) is 0.296. The van der Waals surface area contributed by atoms with Crippen molar-refractivity contribution in [3.8, 4) is 22.9 Å². The summed E-state index contributed by atoms with van der Waals surface area (Å²) in [6, 6.07) is 9.56. The number of benzene rings is 2. The maximum Gasteiger partial charge on any atom is 0.251 e. The number of rotatable bonds is 7. The second kappa shape index (κ2) is 8.57. The monoisotopic (exact) mass is 439 g/mol. The molecule has 31 heavy (non-hydrogen) atoms. The van der Waals surface area contributed by atoms with E-state index in [9.17, 15) is 14.0 Å². The molecule has 2 N–H and O–H groups in total. The van der Waals surface area contributed by atoms with Crippen LogP contribution in [0.25, 0.3) is 21.5 Å². The number of carbonyl (C=O) groups excluding carboxylic acids is 2. The van der Waals surface area contributed by atoms with E-state index in [1.165, 1.54) is 43.9 Å². The molecule has 0 spiro atoms. The first-order chi connectivity index (χ1) is 15.0. The van der Waals surface area contributed by atoms with E-state index in [2.05, 4.69) is 15.3 Å². The number of fused-ring (bicyclic) bond motifs is 1. The summed E-state index contributed by atoms with van der Waals surface area (Å²) in [7, 11) is 2.98. The molecule has 0 atom stereocenters. The number of ketones is 1. The Morgan fingerprint density at radius 3 is 2.74 bits per heavy atom. The van der Waals surface area contributed by atoms with Crippen LogP contribution in [0.1, 0.15) is 20.8 Å². The van der Waals surface area contributed by atoms with Crippen LogP contribution in [0.4, 0.5) is 4.39 Å². The van der Waals surface area contributed by atoms with Crippen molar-refractivity contribution in [1.82, 2.24) is 15.3 Å². The molecule has 2 heterocycles. The summed E-state index contributed by atoms with van der Waals surface area (Å²) in [5.41, 5.74) is 1.23. The number of Topliss-reactive ketones (excluding diaryl/α,β-unsaturated/α-hetero) is 1. The summed E-state index contributed by atoms with van der Waals surface area (Å²) in [5, 5.41) is 5.09. The molecule has 7 nitrogen and oxygen atoms in total. The summed E-state index contributed by atoms with van der Waals surface area (Å²) in [4.78, 5) is 32.2. The van der Waals surface area contributed by atoms with Gasteiger partial charge in [0, 0.05) is 28.1 Å². The smallest absolute Gasteiger partial charge is 0.251 e. The fraction of sp³-hybridized carbons (Fsp3) is 0.136. The van der Waals surface area contributed by atoms with Crippen LogP contribution in [0.5, 0.6) is 11.5 Å². The maximum absolute atomic E-state index is 13.9. The topological polar surface area (TPSA) is 93.3 Å². The number of aromatic amines is 1. The molecule has 0 saturated carbocycles. The number of carbonyl (C=O) groups is 2. The molecular formula is C22H18FN3O4S. The molecular weight excluding hydrogens is 421 g/mol. The summed E-state index contributed by atoms with van der Waals surface area (Å²) in [6.07, 6.45) is 1.48. The Bertz CT molecular complexity index is 1280. The van der Waals surface area contributed by atoms with E-state index < -0.39 is 5.91 Å². The molecule has 0 fully saturated rings. The molecule has 158 valence electrons. The minimum Gasteiger partial charge on any atom is -0.493 e. The zero-order chi connectivity index (χ0) is 22.0. The van der Waals surface area contributed by atoms with Gasteiger partial charge in [0.25, 0.3) is 5.91 Å². The fourth-order valence-corrected chi connectivity index (χ4v) is 4.10. The highest BCUT2D eigenvalue weighted by Gasteiger charge is 2.17. The number of nitrogens with one attached hydrogen (secondary N) is 2. The average molecular weight is 439 g/mol. The lowest BCUT2D eigenvalue weighted by Crippen LogP contribution is -2.29. The Morgan fingerprint density at radius 1 is 1.16 bits per heavy atom. The zero-order valence-electron chi connectivity index (χ0n) is 16.7. The Hall–Kier alpha value is -3.72. The SMILES string of the molecule is COc1ccc(C(=O)NCC(=O)c2c[nH]c(-c3csc4c(F)cccc34)n2)cc1OC. The van der Waals surface area contributed by atoms with E-state index in [1.807, 2.05) is 0 Å². The van der Waals surface area contributed by atoms with Crippen LogP contribution in [0.3, 0.4) is 0 Å². The first-order valence-electron chi connectivity index (χ1n) is 9.26. The van der Waals surface area contributed by atoms with Gasteiger partial charge in [0.15, 0.2) is 11.5 Å². The minimum absolute atomic E-state index is 0.179. The third kappa shape index (κ3) is 3.99. The van der Waals surface area contributed by atoms with Gasteiger partial charge in [-0.1, -0.05) is 12.1 Å². The predicted molar refractivity (Wildman–Crippen MR) is 116 cm³/mol. The molecule has 4 rings (SSSR count). The largest absolute Gasteiger partial charge is 0.493 e. The van der Waals surface area contributed by atoms with Crippen LogP contribution in [0.2, 0.25) is 0 Å². The number of hydrogen-bond donors (Lipinski definition) is 2. The number of ether oxygens (including phenoxy) is 2. The molecule has 1 amide bonds. The molecule has 2 aromatic heterocycles. The molecule has 2 aromatic carbocycles. The Labute approximate surface area is 180 Å². The van der Waals surface area contributed by atoms with Crippen molar-refractivity contribution < 1.29 is 23.5 Å². The van der Waals surface area contributed by atoms with E-state index >= 15 is 0 Å². The quantitative estimate of drug-likeness (QED) is 0.424. The van der Waals surface area contributed by atoms with Crippen molar-refractivity contribution in [2.24, 2.45) is 0 Å². The van der Waals surface area contributed by atoms with E-state index in [0.29, 0.717) is 33.2 Å². The molecule has 0 unspecified atom stereocenters. The molecule has 9 heteroatoms. The molecule has 0 radical (unpaired) electrons. The number of nitrogens with zero attached hydrogens (tertiary/aromatic N) is 1. The molecule has 0 bridgehead atoms. The van der Waals surface area contributed by atoms with Gasteiger partial charge >= 0.3 is 0 Å². The van der Waals surface area contributed by atoms with Crippen LogP contribution >= 0.6 is 11.3 Å². The third-order valence-electron chi connectivity index (χ3n) is 4.73. The van der Waals surface area contributed by atoms with Gasteiger partial charge in [-0.2, -0.15) is 0 Å². The van der Waals surface area contributed by atoms with Crippen molar-refractivity contribution in [2.75, 3.05) is 20.8 Å². The number of aromatic nitrogens is 2. The van der Waals surface area contributed by atoms with Crippen LogP contribution in [-0.4, -0.2) is 42.4 Å². The fourth-order valence-electron chi connectivity index (χ4n) is 3.14. The van der Waals surface area contributed by atoms with E-state index in [-0.39, 0.29) is 23.8 Å². The van der Waals surface area contributed by atoms with Crippen molar-refractivity contribution in [3.05, 3.63) is 65.0 Å². The number of imidazole rings is 1. The van der Waals surface area contributed by atoms with Gasteiger partial charge in [-0.05, 0) is 24.3 Å². The number of halogens is 1. The highest BCUT2D eigenvalue weighted by molar-refractivity contribution is 7.17. The van der Waals surface area contributed by atoms with Crippen LogP contribution < -0.4 is 14.8 Å². The molecule has 0 aliphatic rings. The first kappa shape index (κ1) is 20.5. The number of H-pyrrole nitrogens is 1. The van der Waals surface area contributed by atoms with Crippen LogP contribution in [0, 0.1) is 5.82 Å². The lowest BCUT2D eigenvalue weighted by atomic mass is 10.1. The number of thiophene rings is 1. The summed E-state index contributed by atoms with van der Waals surface area (Å²) < 4.78 is 24.8. The van der Waals surface area contributed by atoms with Gasteiger partial charge in [-0.15, -0.1) is 11.3 Å². The van der Waals surface area contributed by atoms with Gasteiger partial charge < -0.3 is 19.8 Å². The average Bonchev–Trinajstić information content (AvgIpc) is 3.44. The van der Waals surface area contributed by atoms with Gasteiger partial charge in [-0.25, -0.2) is 9.37 Å². The Balaban J connectivity index is 1.46. The Kier molecular flexibility index (Phi) is 5.68. The Morgan fingerprint density at radius 2 is 1.97 bits per heavy atom. The lowest BCUT2D eigenvalue weighted by molar-refractivity contribution is 0.0902. The van der Waals surface area contributed by atoms with E-state index in [0.717, 1.165) is 5.39 Å². The first-order valence-corrected chi connectivity index (χ1v) is 10.1. The standard InChI is InChI=1S/C22H18FN3O4S/c1-29-18-7-6-12(8-19(18)30-2)22(28)25-10-17(27)16-9-24-21(26-16)14-11-31-20-13(14)4-3-5-15(20)23/h3-9,11H,10H2,1-2H3,(H,24,26)(H,25,28). The summed E-state index contributed by atoms with van der Waals surface area (Å²) in [6.45, 7) is -0.226. The van der Waals surface area contributed by atoms with Crippen molar-refractivity contribution in [2.45, 2.75) is 0 Å². The van der Waals surface area contributed by atoms with Crippen molar-refractivity contribution in [3.63, 3.8) is 0 Å². The second-order valence-corrected chi connectivity index (χ2v) is 7.46. The lowest BCUT2D eigenvalue weighted by Gasteiger charge is -2.09. The van der Waals surface area contributed by atoms with Crippen molar-refractivity contribution in [1.29, 1.82) is 0 Å². The van der Waals surface area contributed by atoms with Gasteiger partial charge in [0.05, 0.1) is 25.5 Å². The van der Waals surface area contributed by atoms with Gasteiger partial charge in [0.2, 0.25) is 5.78 Å². The van der Waals surface area contributed by atoms with Crippen LogP contribution in [-0.2, 0) is 0 Å². The van der Waals surface area contributed by atoms with Crippen molar-refractivity contribution >= 4 is 33.1 Å². The normalized spacial score (nSPS) is 10.8. The van der Waals surface area contributed by atoms with E-state index in [1.54, 1.807) is 29.6 Å². The highest BCUT2D eigenvalue weighted by atomic mass is 32.1. The zero-order valence-corrected chi connectivity index (χ0v) is 17.5. The molecule has 0 aliphatic carbocycles. The third-order valence-corrected chi connectivity index (χ3v) is 5.73. The maximum atomic E-state index is 13.9.